The first-order chi connectivity index (χ1) is 12.0. The summed E-state index contributed by atoms with van der Waals surface area (Å²) < 4.78 is 2.86. The molecule has 25 heavy (non-hydrogen) atoms. The van der Waals surface area contributed by atoms with E-state index in [4.69, 9.17) is 16.6 Å². The topological polar surface area (TPSA) is 29.3 Å². The van der Waals surface area contributed by atoms with E-state index in [1.54, 1.807) is 11.3 Å². The molecule has 4 rings (SSSR count). The first-order valence-electron chi connectivity index (χ1n) is 8.10. The van der Waals surface area contributed by atoms with E-state index in [0.717, 1.165) is 32.1 Å². The molecule has 4 aromatic rings. The third-order valence-corrected chi connectivity index (χ3v) is 5.55. The number of thiophene rings is 1. The lowest BCUT2D eigenvalue weighted by Crippen LogP contribution is -2.00. The molecule has 0 aliphatic heterocycles. The predicted molar refractivity (Wildman–Crippen MR) is 107 cm³/mol. The van der Waals surface area contributed by atoms with Gasteiger partial charge in [0.2, 0.25) is 0 Å². The van der Waals surface area contributed by atoms with E-state index in [1.165, 1.54) is 16.7 Å². The van der Waals surface area contributed by atoms with Gasteiger partial charge in [-0.25, -0.2) is 4.98 Å². The van der Waals surface area contributed by atoms with E-state index in [9.17, 15) is 0 Å². The number of hydrogen-bond acceptors (Lipinski definition) is 3. The van der Waals surface area contributed by atoms with Gasteiger partial charge >= 0.3 is 0 Å². The minimum absolute atomic E-state index is 0.765. The maximum atomic E-state index is 6.16. The maximum Gasteiger partial charge on any atom is 0.144 e. The molecule has 0 radical (unpaired) electrons. The van der Waals surface area contributed by atoms with Crippen LogP contribution in [-0.4, -0.2) is 9.38 Å². The molecule has 0 spiro atoms. The zero-order valence-electron chi connectivity index (χ0n) is 14.3. The number of fused-ring (bicyclic) bond motifs is 1. The number of para-hydroxylation sites is 1. The fourth-order valence-electron chi connectivity index (χ4n) is 3.01. The second-order valence-electron chi connectivity index (χ2n) is 6.24. The van der Waals surface area contributed by atoms with Crippen molar-refractivity contribution in [1.29, 1.82) is 0 Å². The smallest absolute Gasteiger partial charge is 0.144 e. The fraction of sp³-hybridized carbons (Fsp3) is 0.150. The Morgan fingerprint density at radius 1 is 1.04 bits per heavy atom. The van der Waals surface area contributed by atoms with Crippen molar-refractivity contribution in [1.82, 2.24) is 9.38 Å². The van der Waals surface area contributed by atoms with Crippen molar-refractivity contribution < 1.29 is 0 Å². The SMILES string of the molecule is Cc1ccn2c(Nc3c(C)cccc3C)c(-c3ccc(Cl)s3)nc2c1. The summed E-state index contributed by atoms with van der Waals surface area (Å²) in [5.74, 6) is 0.964. The number of nitrogens with one attached hydrogen (secondary N) is 1. The van der Waals surface area contributed by atoms with Crippen LogP contribution in [0.5, 0.6) is 0 Å². The molecule has 0 bridgehead atoms. The van der Waals surface area contributed by atoms with E-state index in [-0.39, 0.29) is 0 Å². The van der Waals surface area contributed by atoms with Gasteiger partial charge in [-0.2, -0.15) is 0 Å². The van der Waals surface area contributed by atoms with Crippen LogP contribution >= 0.6 is 22.9 Å². The Balaban J connectivity index is 1.94. The Kier molecular flexibility index (Phi) is 4.02. The molecule has 3 heterocycles. The molecule has 1 N–H and O–H groups in total. The van der Waals surface area contributed by atoms with Crippen LogP contribution in [0, 0.1) is 20.8 Å². The van der Waals surface area contributed by atoms with E-state index in [2.05, 4.69) is 67.0 Å². The second kappa shape index (κ2) is 6.21. The van der Waals surface area contributed by atoms with Crippen LogP contribution in [0.15, 0.2) is 48.7 Å². The maximum absolute atomic E-state index is 6.16. The zero-order chi connectivity index (χ0) is 17.6. The molecule has 0 saturated heterocycles. The molecular weight excluding hydrogens is 350 g/mol. The first-order valence-corrected chi connectivity index (χ1v) is 9.30. The highest BCUT2D eigenvalue weighted by Gasteiger charge is 2.17. The summed E-state index contributed by atoms with van der Waals surface area (Å²) in [6.07, 6.45) is 2.06. The van der Waals surface area contributed by atoms with Crippen LogP contribution in [-0.2, 0) is 0 Å². The van der Waals surface area contributed by atoms with Gasteiger partial charge in [-0.1, -0.05) is 29.8 Å². The van der Waals surface area contributed by atoms with Crippen LogP contribution in [0.4, 0.5) is 11.5 Å². The Morgan fingerprint density at radius 3 is 2.48 bits per heavy atom. The van der Waals surface area contributed by atoms with Crippen LogP contribution in [0.3, 0.4) is 0 Å². The lowest BCUT2D eigenvalue weighted by molar-refractivity contribution is 1.16. The second-order valence-corrected chi connectivity index (χ2v) is 7.95. The largest absolute Gasteiger partial charge is 0.339 e. The third kappa shape index (κ3) is 2.92. The Labute approximate surface area is 155 Å². The number of hydrogen-bond donors (Lipinski definition) is 1. The van der Waals surface area contributed by atoms with Crippen LogP contribution < -0.4 is 5.32 Å². The van der Waals surface area contributed by atoms with Gasteiger partial charge in [-0.3, -0.25) is 4.40 Å². The Bertz CT molecular complexity index is 1060. The lowest BCUT2D eigenvalue weighted by atomic mass is 10.1. The van der Waals surface area contributed by atoms with Crippen molar-refractivity contribution >= 4 is 40.1 Å². The minimum Gasteiger partial charge on any atom is -0.339 e. The normalized spacial score (nSPS) is 11.2. The van der Waals surface area contributed by atoms with Crippen molar-refractivity contribution in [2.24, 2.45) is 0 Å². The van der Waals surface area contributed by atoms with Crippen LogP contribution in [0.2, 0.25) is 4.34 Å². The number of halogens is 1. The molecule has 0 fully saturated rings. The van der Waals surface area contributed by atoms with Gasteiger partial charge in [0.15, 0.2) is 0 Å². The minimum atomic E-state index is 0.765. The van der Waals surface area contributed by atoms with Gasteiger partial charge in [0.05, 0.1) is 9.21 Å². The van der Waals surface area contributed by atoms with Crippen LogP contribution in [0.1, 0.15) is 16.7 Å². The Hall–Kier alpha value is -2.30. The monoisotopic (exact) mass is 367 g/mol. The molecule has 0 saturated carbocycles. The van der Waals surface area contributed by atoms with Crippen molar-refractivity contribution in [3.63, 3.8) is 0 Å². The highest BCUT2D eigenvalue weighted by molar-refractivity contribution is 7.19. The standard InChI is InChI=1S/C20H18ClN3S/c1-12-9-10-24-17(11-12)22-19(15-7-8-16(21)25-15)20(24)23-18-13(2)5-4-6-14(18)3/h4-11,23H,1-3H3. The highest BCUT2D eigenvalue weighted by Crippen LogP contribution is 2.37. The summed E-state index contributed by atoms with van der Waals surface area (Å²) >= 11 is 7.70. The number of imidazole rings is 1. The number of aromatic nitrogens is 2. The molecule has 5 heteroatoms. The number of benzene rings is 1. The van der Waals surface area contributed by atoms with E-state index >= 15 is 0 Å². The molecule has 0 amide bonds. The molecular formula is C20H18ClN3S. The number of pyridine rings is 1. The summed E-state index contributed by atoms with van der Waals surface area (Å²) in [6.45, 7) is 6.31. The van der Waals surface area contributed by atoms with E-state index in [0.29, 0.717) is 0 Å². The molecule has 0 aliphatic carbocycles. The van der Waals surface area contributed by atoms with Gasteiger partial charge in [0.25, 0.3) is 0 Å². The molecule has 0 unspecified atom stereocenters. The summed E-state index contributed by atoms with van der Waals surface area (Å²) in [5.41, 5.74) is 6.56. The summed E-state index contributed by atoms with van der Waals surface area (Å²) in [6, 6.07) is 14.4. The van der Waals surface area contributed by atoms with E-state index < -0.39 is 0 Å². The average molecular weight is 368 g/mol. The third-order valence-electron chi connectivity index (χ3n) is 4.31. The number of rotatable bonds is 3. The average Bonchev–Trinajstić information content (AvgIpc) is 3.14. The van der Waals surface area contributed by atoms with Crippen molar-refractivity contribution in [3.8, 4) is 10.6 Å². The molecule has 3 aromatic heterocycles. The summed E-state index contributed by atoms with van der Waals surface area (Å²) in [7, 11) is 0. The van der Waals surface area contributed by atoms with Gasteiger partial charge in [-0.05, 0) is 61.7 Å². The lowest BCUT2D eigenvalue weighted by Gasteiger charge is -2.13. The van der Waals surface area contributed by atoms with Crippen molar-refractivity contribution in [2.45, 2.75) is 20.8 Å². The van der Waals surface area contributed by atoms with Gasteiger partial charge < -0.3 is 5.32 Å². The number of nitrogens with zero attached hydrogens (tertiary/aromatic N) is 2. The Morgan fingerprint density at radius 2 is 1.80 bits per heavy atom. The van der Waals surface area contributed by atoms with Crippen molar-refractivity contribution in [3.05, 3.63) is 69.7 Å². The van der Waals surface area contributed by atoms with E-state index in [1.807, 2.05) is 12.1 Å². The molecule has 1 aromatic carbocycles. The van der Waals surface area contributed by atoms with Crippen LogP contribution in [0.25, 0.3) is 16.2 Å². The van der Waals surface area contributed by atoms with Gasteiger partial charge in [0.1, 0.15) is 17.2 Å². The molecule has 126 valence electrons. The highest BCUT2D eigenvalue weighted by atomic mass is 35.5. The summed E-state index contributed by atoms with van der Waals surface area (Å²) in [4.78, 5) is 5.92. The first kappa shape index (κ1) is 16.2. The van der Waals surface area contributed by atoms with Gasteiger partial charge in [-0.15, -0.1) is 11.3 Å². The van der Waals surface area contributed by atoms with Gasteiger partial charge in [0, 0.05) is 11.9 Å². The van der Waals surface area contributed by atoms with Crippen molar-refractivity contribution in [2.75, 3.05) is 5.32 Å². The summed E-state index contributed by atoms with van der Waals surface area (Å²) in [5, 5.41) is 3.62. The molecule has 3 nitrogen and oxygen atoms in total. The fourth-order valence-corrected chi connectivity index (χ4v) is 4.04. The zero-order valence-corrected chi connectivity index (χ0v) is 15.9. The number of anilines is 2. The predicted octanol–water partition coefficient (Wildman–Crippen LogP) is 6.39. The quantitative estimate of drug-likeness (QED) is 0.455. The molecule has 0 aliphatic rings. The molecule has 0 atom stereocenters. The number of aryl methyl sites for hydroxylation is 3.